The molecule has 2 unspecified atom stereocenters. The zero-order chi connectivity index (χ0) is 13.0. The van der Waals surface area contributed by atoms with Gasteiger partial charge in [-0.15, -0.1) is 11.8 Å². The molecule has 0 aliphatic carbocycles. The number of ether oxygens (including phenoxy) is 1. The van der Waals surface area contributed by atoms with Crippen molar-refractivity contribution in [3.8, 4) is 0 Å². The normalized spacial score (nSPS) is 20.7. The predicted molar refractivity (Wildman–Crippen MR) is 74.7 cm³/mol. The second-order valence-corrected chi connectivity index (χ2v) is 5.29. The van der Waals surface area contributed by atoms with E-state index in [0.29, 0.717) is 0 Å². The Morgan fingerprint density at radius 1 is 1.61 bits per heavy atom. The average Bonchev–Trinajstić information content (AvgIpc) is 2.92. The Hall–Kier alpha value is -1.04. The van der Waals surface area contributed by atoms with Crippen LogP contribution in [-0.2, 0) is 9.53 Å². The Morgan fingerprint density at radius 3 is 3.11 bits per heavy atom. The Kier molecular flexibility index (Phi) is 4.63. The molecular formula is C13H18N2O2S. The molecule has 0 bridgehead atoms. The van der Waals surface area contributed by atoms with Gasteiger partial charge in [-0.2, -0.15) is 0 Å². The summed E-state index contributed by atoms with van der Waals surface area (Å²) in [6.07, 6.45) is 0.0296. The molecule has 0 saturated carbocycles. The minimum atomic E-state index is -0.0847. The number of carbonyl (C=O) groups is 1. The van der Waals surface area contributed by atoms with E-state index in [2.05, 4.69) is 10.6 Å². The molecule has 1 aromatic rings. The summed E-state index contributed by atoms with van der Waals surface area (Å²) in [6, 6.07) is 7.68. The van der Waals surface area contributed by atoms with Crippen molar-refractivity contribution in [3.05, 3.63) is 29.8 Å². The van der Waals surface area contributed by atoms with E-state index >= 15 is 0 Å². The molecular weight excluding hydrogens is 248 g/mol. The standard InChI is InChI=1S/C13H18N2O2S/c1-9(17-2)10-4-3-5-11(6-10)15-13(16)12-7-18-8-14-12/h3-6,9,12,14H,7-8H2,1-2H3,(H,15,16). The van der Waals surface area contributed by atoms with Crippen molar-refractivity contribution in [1.82, 2.24) is 5.32 Å². The number of rotatable bonds is 4. The largest absolute Gasteiger partial charge is 0.377 e. The molecule has 1 amide bonds. The lowest BCUT2D eigenvalue weighted by Gasteiger charge is -2.13. The first-order valence-electron chi connectivity index (χ1n) is 5.95. The second-order valence-electron chi connectivity index (χ2n) is 4.26. The van der Waals surface area contributed by atoms with Gasteiger partial charge in [-0.1, -0.05) is 12.1 Å². The Balaban J connectivity index is 2.02. The van der Waals surface area contributed by atoms with Crippen molar-refractivity contribution in [3.63, 3.8) is 0 Å². The third-order valence-corrected chi connectivity index (χ3v) is 3.95. The number of anilines is 1. The quantitative estimate of drug-likeness (QED) is 0.875. The van der Waals surface area contributed by atoms with Gasteiger partial charge >= 0.3 is 0 Å². The lowest BCUT2D eigenvalue weighted by atomic mass is 10.1. The van der Waals surface area contributed by atoms with Gasteiger partial charge in [0.05, 0.1) is 12.1 Å². The maximum atomic E-state index is 11.9. The van der Waals surface area contributed by atoms with Crippen LogP contribution in [0, 0.1) is 0 Å². The first-order valence-corrected chi connectivity index (χ1v) is 7.11. The van der Waals surface area contributed by atoms with Crippen LogP contribution in [0.25, 0.3) is 0 Å². The Morgan fingerprint density at radius 2 is 2.44 bits per heavy atom. The summed E-state index contributed by atoms with van der Waals surface area (Å²) in [6.45, 7) is 1.98. The van der Waals surface area contributed by atoms with Crippen LogP contribution in [0.4, 0.5) is 5.69 Å². The molecule has 2 N–H and O–H groups in total. The van der Waals surface area contributed by atoms with E-state index in [0.717, 1.165) is 22.9 Å². The molecule has 98 valence electrons. The third-order valence-electron chi connectivity index (χ3n) is 3.01. The smallest absolute Gasteiger partial charge is 0.242 e. The van der Waals surface area contributed by atoms with Crippen molar-refractivity contribution >= 4 is 23.4 Å². The monoisotopic (exact) mass is 266 g/mol. The second kappa shape index (κ2) is 6.22. The summed E-state index contributed by atoms with van der Waals surface area (Å²) >= 11 is 1.74. The molecule has 1 fully saturated rings. The van der Waals surface area contributed by atoms with E-state index in [1.807, 2.05) is 31.2 Å². The van der Waals surface area contributed by atoms with Crippen LogP contribution in [0.1, 0.15) is 18.6 Å². The molecule has 5 heteroatoms. The highest BCUT2D eigenvalue weighted by Gasteiger charge is 2.22. The molecule has 0 radical (unpaired) electrons. The van der Waals surface area contributed by atoms with E-state index in [1.165, 1.54) is 0 Å². The maximum absolute atomic E-state index is 11.9. The summed E-state index contributed by atoms with van der Waals surface area (Å²) in [5.41, 5.74) is 1.88. The SMILES string of the molecule is COC(C)c1cccc(NC(=O)C2CSCN2)c1. The number of hydrogen-bond donors (Lipinski definition) is 2. The third kappa shape index (κ3) is 3.25. The average molecular weight is 266 g/mol. The molecule has 2 rings (SSSR count). The molecule has 1 aliphatic rings. The van der Waals surface area contributed by atoms with Crippen LogP contribution in [0.3, 0.4) is 0 Å². The highest BCUT2D eigenvalue weighted by atomic mass is 32.2. The summed E-state index contributed by atoms with van der Waals surface area (Å²) < 4.78 is 5.27. The molecule has 18 heavy (non-hydrogen) atoms. The lowest BCUT2D eigenvalue weighted by molar-refractivity contribution is -0.117. The van der Waals surface area contributed by atoms with Crippen molar-refractivity contribution < 1.29 is 9.53 Å². The number of benzene rings is 1. The highest BCUT2D eigenvalue weighted by Crippen LogP contribution is 2.20. The molecule has 4 nitrogen and oxygen atoms in total. The number of nitrogens with one attached hydrogen (secondary N) is 2. The fraction of sp³-hybridized carbons (Fsp3) is 0.462. The number of methoxy groups -OCH3 is 1. The van der Waals surface area contributed by atoms with Gasteiger partial charge in [-0.05, 0) is 24.6 Å². The van der Waals surface area contributed by atoms with Gasteiger partial charge in [0.15, 0.2) is 0 Å². The predicted octanol–water partition coefficient (Wildman–Crippen LogP) is 1.99. The summed E-state index contributed by atoms with van der Waals surface area (Å²) in [5, 5.41) is 6.08. The van der Waals surface area contributed by atoms with Crippen LogP contribution >= 0.6 is 11.8 Å². The van der Waals surface area contributed by atoms with Gasteiger partial charge < -0.3 is 10.1 Å². The van der Waals surface area contributed by atoms with Gasteiger partial charge in [0.1, 0.15) is 0 Å². The zero-order valence-electron chi connectivity index (χ0n) is 10.6. The first-order chi connectivity index (χ1) is 8.70. The van der Waals surface area contributed by atoms with E-state index in [-0.39, 0.29) is 18.1 Å². The lowest BCUT2D eigenvalue weighted by Crippen LogP contribution is -2.37. The number of amides is 1. The van der Waals surface area contributed by atoms with Crippen molar-refractivity contribution in [1.29, 1.82) is 0 Å². The highest BCUT2D eigenvalue weighted by molar-refractivity contribution is 7.99. The number of carbonyl (C=O) groups excluding carboxylic acids is 1. The van der Waals surface area contributed by atoms with Gasteiger partial charge in [0.25, 0.3) is 0 Å². The number of hydrogen-bond acceptors (Lipinski definition) is 4. The number of thioether (sulfide) groups is 1. The van der Waals surface area contributed by atoms with E-state index in [9.17, 15) is 4.79 Å². The topological polar surface area (TPSA) is 50.4 Å². The molecule has 1 heterocycles. The molecule has 0 spiro atoms. The minimum absolute atomic E-state index is 0.0296. The Labute approximate surface area is 111 Å². The minimum Gasteiger partial charge on any atom is -0.377 e. The van der Waals surface area contributed by atoms with Gasteiger partial charge in [-0.3, -0.25) is 10.1 Å². The molecule has 0 aromatic heterocycles. The Bertz CT molecular complexity index is 419. The molecule has 1 saturated heterocycles. The van der Waals surface area contributed by atoms with Crippen LogP contribution < -0.4 is 10.6 Å². The molecule has 2 atom stereocenters. The fourth-order valence-electron chi connectivity index (χ4n) is 1.80. The summed E-state index contributed by atoms with van der Waals surface area (Å²) in [5.74, 6) is 1.71. The van der Waals surface area contributed by atoms with Gasteiger partial charge in [0.2, 0.25) is 5.91 Å². The fourth-order valence-corrected chi connectivity index (χ4v) is 2.74. The van der Waals surface area contributed by atoms with Crippen LogP contribution in [0.15, 0.2) is 24.3 Å². The summed E-state index contributed by atoms with van der Waals surface area (Å²) in [7, 11) is 1.68. The zero-order valence-corrected chi connectivity index (χ0v) is 11.4. The van der Waals surface area contributed by atoms with Crippen LogP contribution in [-0.4, -0.2) is 30.7 Å². The maximum Gasteiger partial charge on any atom is 0.242 e. The van der Waals surface area contributed by atoms with Crippen molar-refractivity contribution in [2.75, 3.05) is 24.1 Å². The molecule has 1 aliphatic heterocycles. The van der Waals surface area contributed by atoms with Crippen molar-refractivity contribution in [2.45, 2.75) is 19.1 Å². The summed E-state index contributed by atoms with van der Waals surface area (Å²) in [4.78, 5) is 11.9. The van der Waals surface area contributed by atoms with Crippen LogP contribution in [0.2, 0.25) is 0 Å². The van der Waals surface area contributed by atoms with E-state index in [1.54, 1.807) is 18.9 Å². The van der Waals surface area contributed by atoms with E-state index < -0.39 is 0 Å². The van der Waals surface area contributed by atoms with Crippen molar-refractivity contribution in [2.24, 2.45) is 0 Å². The van der Waals surface area contributed by atoms with Crippen LogP contribution in [0.5, 0.6) is 0 Å². The van der Waals surface area contributed by atoms with Gasteiger partial charge in [0, 0.05) is 24.4 Å². The molecule has 1 aromatic carbocycles. The first kappa shape index (κ1) is 13.4. The van der Waals surface area contributed by atoms with Gasteiger partial charge in [-0.25, -0.2) is 0 Å². The van der Waals surface area contributed by atoms with E-state index in [4.69, 9.17) is 4.74 Å².